The van der Waals surface area contributed by atoms with Gasteiger partial charge in [-0.15, -0.1) is 11.8 Å². The van der Waals surface area contributed by atoms with Crippen molar-refractivity contribution in [1.82, 2.24) is 0 Å². The first-order valence-electron chi connectivity index (χ1n) is 5.18. The molecule has 0 saturated heterocycles. The first-order valence-corrected chi connectivity index (χ1v) is 6.55. The Hall–Kier alpha value is -1.26. The maximum absolute atomic E-state index is 13.5. The molecule has 0 aliphatic heterocycles. The van der Waals surface area contributed by atoms with Crippen LogP contribution in [-0.4, -0.2) is 0 Å². The summed E-state index contributed by atoms with van der Waals surface area (Å²) in [4.78, 5) is -0.0379. The molecule has 18 heavy (non-hydrogen) atoms. The summed E-state index contributed by atoms with van der Waals surface area (Å²) in [5.74, 6) is -0.897. The van der Waals surface area contributed by atoms with Crippen LogP contribution in [0.2, 0.25) is 5.02 Å². The minimum absolute atomic E-state index is 0.0379. The van der Waals surface area contributed by atoms with Crippen molar-refractivity contribution in [2.75, 3.05) is 5.73 Å². The summed E-state index contributed by atoms with van der Waals surface area (Å²) < 4.78 is 27.1. The van der Waals surface area contributed by atoms with Gasteiger partial charge in [-0.3, -0.25) is 0 Å². The van der Waals surface area contributed by atoms with Crippen molar-refractivity contribution in [2.24, 2.45) is 0 Å². The SMILES string of the molecule is Nc1cc(F)c(SCc2ccccc2Cl)c(F)c1. The molecule has 0 aliphatic rings. The fourth-order valence-corrected chi connectivity index (χ4v) is 2.71. The summed E-state index contributed by atoms with van der Waals surface area (Å²) >= 11 is 7.03. The van der Waals surface area contributed by atoms with Gasteiger partial charge in [0.2, 0.25) is 0 Å². The fourth-order valence-electron chi connectivity index (χ4n) is 1.48. The topological polar surface area (TPSA) is 26.0 Å². The van der Waals surface area contributed by atoms with Crippen molar-refractivity contribution >= 4 is 29.1 Å². The van der Waals surface area contributed by atoms with Gasteiger partial charge in [0.1, 0.15) is 11.6 Å². The Kier molecular flexibility index (Phi) is 4.09. The normalized spacial score (nSPS) is 10.6. The lowest BCUT2D eigenvalue weighted by Gasteiger charge is -2.07. The van der Waals surface area contributed by atoms with E-state index < -0.39 is 11.6 Å². The molecule has 0 unspecified atom stereocenters. The van der Waals surface area contributed by atoms with Gasteiger partial charge in [0, 0.05) is 16.5 Å². The van der Waals surface area contributed by atoms with Gasteiger partial charge >= 0.3 is 0 Å². The number of anilines is 1. The summed E-state index contributed by atoms with van der Waals surface area (Å²) in [7, 11) is 0. The van der Waals surface area contributed by atoms with E-state index in [9.17, 15) is 8.78 Å². The second-order valence-electron chi connectivity index (χ2n) is 3.69. The molecule has 0 aliphatic carbocycles. The molecule has 0 heterocycles. The zero-order valence-electron chi connectivity index (χ0n) is 9.29. The van der Waals surface area contributed by atoms with Gasteiger partial charge in [-0.25, -0.2) is 8.78 Å². The van der Waals surface area contributed by atoms with Crippen LogP contribution in [0.1, 0.15) is 5.56 Å². The largest absolute Gasteiger partial charge is 0.399 e. The minimum Gasteiger partial charge on any atom is -0.399 e. The first kappa shape index (κ1) is 13.2. The molecular formula is C13H10ClF2NS. The summed E-state index contributed by atoms with van der Waals surface area (Å²) in [6.45, 7) is 0. The number of rotatable bonds is 3. The van der Waals surface area contributed by atoms with Gasteiger partial charge in [-0.2, -0.15) is 0 Å². The van der Waals surface area contributed by atoms with Crippen molar-refractivity contribution in [1.29, 1.82) is 0 Å². The zero-order valence-corrected chi connectivity index (χ0v) is 10.9. The highest BCUT2D eigenvalue weighted by Crippen LogP contribution is 2.31. The number of nitrogens with two attached hydrogens (primary N) is 1. The third kappa shape index (κ3) is 2.94. The van der Waals surface area contributed by atoms with Gasteiger partial charge < -0.3 is 5.73 Å². The van der Waals surface area contributed by atoms with Gasteiger partial charge in [0.15, 0.2) is 0 Å². The summed E-state index contributed by atoms with van der Waals surface area (Å²) in [5, 5.41) is 0.585. The molecule has 1 nitrogen and oxygen atoms in total. The maximum atomic E-state index is 13.5. The van der Waals surface area contributed by atoms with Crippen molar-refractivity contribution in [2.45, 2.75) is 10.6 Å². The molecule has 0 saturated carbocycles. The standard InChI is InChI=1S/C13H10ClF2NS/c14-10-4-2-1-3-8(10)7-18-13-11(15)5-9(17)6-12(13)16/h1-6H,7,17H2. The van der Waals surface area contributed by atoms with Crippen molar-refractivity contribution < 1.29 is 8.78 Å². The van der Waals surface area contributed by atoms with Crippen molar-refractivity contribution in [3.63, 3.8) is 0 Å². The molecule has 0 atom stereocenters. The molecule has 94 valence electrons. The van der Waals surface area contributed by atoms with Crippen LogP contribution in [0, 0.1) is 11.6 Å². The Balaban J connectivity index is 2.19. The third-order valence-electron chi connectivity index (χ3n) is 2.35. The number of hydrogen-bond acceptors (Lipinski definition) is 2. The molecule has 2 N–H and O–H groups in total. The van der Waals surface area contributed by atoms with Gasteiger partial charge in [-0.05, 0) is 23.8 Å². The van der Waals surface area contributed by atoms with Crippen molar-refractivity contribution in [3.8, 4) is 0 Å². The highest BCUT2D eigenvalue weighted by Gasteiger charge is 2.11. The minimum atomic E-state index is -0.649. The van der Waals surface area contributed by atoms with Crippen LogP contribution >= 0.6 is 23.4 Å². The molecule has 0 aromatic heterocycles. The Bertz CT molecular complexity index is 552. The summed E-state index contributed by atoms with van der Waals surface area (Å²) in [6.07, 6.45) is 0. The van der Waals surface area contributed by atoms with E-state index in [4.69, 9.17) is 17.3 Å². The van der Waals surface area contributed by atoms with Crippen LogP contribution in [0.4, 0.5) is 14.5 Å². The molecule has 5 heteroatoms. The Labute approximate surface area is 113 Å². The molecule has 2 aromatic rings. The second kappa shape index (κ2) is 5.59. The molecule has 0 bridgehead atoms. The predicted molar refractivity (Wildman–Crippen MR) is 71.8 cm³/mol. The smallest absolute Gasteiger partial charge is 0.141 e. The average Bonchev–Trinajstić information content (AvgIpc) is 2.30. The lowest BCUT2D eigenvalue weighted by atomic mass is 10.2. The van der Waals surface area contributed by atoms with E-state index in [0.717, 1.165) is 29.5 Å². The lowest BCUT2D eigenvalue weighted by molar-refractivity contribution is 0.542. The number of nitrogen functional groups attached to an aromatic ring is 1. The van der Waals surface area contributed by atoms with E-state index >= 15 is 0 Å². The quantitative estimate of drug-likeness (QED) is 0.664. The summed E-state index contributed by atoms with van der Waals surface area (Å²) in [6, 6.07) is 9.42. The number of hydrogen-bond donors (Lipinski definition) is 1. The van der Waals surface area contributed by atoms with Crippen molar-refractivity contribution in [3.05, 3.63) is 58.6 Å². The molecular weight excluding hydrogens is 276 g/mol. The second-order valence-corrected chi connectivity index (χ2v) is 5.09. The van der Waals surface area contributed by atoms with E-state index in [1.807, 2.05) is 12.1 Å². The van der Waals surface area contributed by atoms with Crippen LogP contribution in [0.25, 0.3) is 0 Å². The first-order chi connectivity index (χ1) is 8.58. The van der Waals surface area contributed by atoms with Crippen LogP contribution < -0.4 is 5.73 Å². The van der Waals surface area contributed by atoms with Crippen LogP contribution in [0.5, 0.6) is 0 Å². The van der Waals surface area contributed by atoms with E-state index in [0.29, 0.717) is 10.8 Å². The van der Waals surface area contributed by atoms with Gasteiger partial charge in [-0.1, -0.05) is 29.8 Å². The van der Waals surface area contributed by atoms with E-state index in [1.54, 1.807) is 12.1 Å². The van der Waals surface area contributed by atoms with E-state index in [-0.39, 0.29) is 10.6 Å². The van der Waals surface area contributed by atoms with E-state index in [1.165, 1.54) is 0 Å². The average molecular weight is 286 g/mol. The highest BCUT2D eigenvalue weighted by molar-refractivity contribution is 7.98. The fraction of sp³-hybridized carbons (Fsp3) is 0.0769. The Morgan fingerprint density at radius 1 is 1.11 bits per heavy atom. The molecule has 2 aromatic carbocycles. The van der Waals surface area contributed by atoms with Gasteiger partial charge in [0.25, 0.3) is 0 Å². The lowest BCUT2D eigenvalue weighted by Crippen LogP contribution is -1.93. The molecule has 0 spiro atoms. The molecule has 0 amide bonds. The van der Waals surface area contributed by atoms with Crippen LogP contribution in [-0.2, 0) is 5.75 Å². The highest BCUT2D eigenvalue weighted by atomic mass is 35.5. The predicted octanol–water partition coefficient (Wildman–Crippen LogP) is 4.49. The van der Waals surface area contributed by atoms with Gasteiger partial charge in [0.05, 0.1) is 4.90 Å². The number of thioether (sulfide) groups is 1. The third-order valence-corrected chi connectivity index (χ3v) is 3.85. The number of halogens is 3. The summed E-state index contributed by atoms with van der Waals surface area (Å²) in [5.41, 5.74) is 6.26. The maximum Gasteiger partial charge on any atom is 0.141 e. The molecule has 0 radical (unpaired) electrons. The van der Waals surface area contributed by atoms with Crippen LogP contribution in [0.3, 0.4) is 0 Å². The van der Waals surface area contributed by atoms with Crippen LogP contribution in [0.15, 0.2) is 41.3 Å². The molecule has 0 fully saturated rings. The zero-order chi connectivity index (χ0) is 13.1. The number of benzene rings is 2. The Morgan fingerprint density at radius 2 is 1.72 bits per heavy atom. The van der Waals surface area contributed by atoms with E-state index in [2.05, 4.69) is 0 Å². The molecule has 2 rings (SSSR count). The Morgan fingerprint density at radius 3 is 2.33 bits per heavy atom. The monoisotopic (exact) mass is 285 g/mol.